The fourth-order valence-electron chi connectivity index (χ4n) is 3.44. The zero-order valence-corrected chi connectivity index (χ0v) is 14.3. The SMILES string of the molecule is Cc1ccc(C#N)c(N2CCCC(O)(Cc3nc(C4CC4)no3)C2)n1. The van der Waals surface area contributed by atoms with Crippen LogP contribution in [0.4, 0.5) is 5.82 Å². The van der Waals surface area contributed by atoms with Gasteiger partial charge < -0.3 is 14.5 Å². The first-order valence-electron chi connectivity index (χ1n) is 8.74. The van der Waals surface area contributed by atoms with E-state index in [0.717, 1.165) is 37.3 Å². The molecule has 7 nitrogen and oxygen atoms in total. The van der Waals surface area contributed by atoms with E-state index < -0.39 is 5.60 Å². The molecule has 1 atom stereocenters. The summed E-state index contributed by atoms with van der Waals surface area (Å²) >= 11 is 0. The normalized spacial score (nSPS) is 23.5. The summed E-state index contributed by atoms with van der Waals surface area (Å²) in [5.74, 6) is 2.33. The van der Waals surface area contributed by atoms with Crippen LogP contribution in [-0.4, -0.2) is 38.9 Å². The molecule has 4 rings (SSSR count). The van der Waals surface area contributed by atoms with E-state index >= 15 is 0 Å². The van der Waals surface area contributed by atoms with E-state index in [0.29, 0.717) is 42.6 Å². The number of nitriles is 1. The van der Waals surface area contributed by atoms with Crippen molar-refractivity contribution in [3.8, 4) is 6.07 Å². The number of nitrogens with zero attached hydrogens (tertiary/aromatic N) is 5. The number of β-amino-alcohol motifs (C(OH)–C–C–N with tert-alkyl or cyclic N) is 1. The molecule has 1 aliphatic carbocycles. The molecule has 1 saturated carbocycles. The fraction of sp³-hybridized carbons (Fsp3) is 0.556. The zero-order chi connectivity index (χ0) is 17.4. The summed E-state index contributed by atoms with van der Waals surface area (Å²) in [7, 11) is 0. The number of pyridine rings is 1. The van der Waals surface area contributed by atoms with Crippen LogP contribution in [0, 0.1) is 18.3 Å². The molecule has 1 N–H and O–H groups in total. The molecule has 7 heteroatoms. The van der Waals surface area contributed by atoms with Gasteiger partial charge in [0.15, 0.2) is 5.82 Å². The highest BCUT2D eigenvalue weighted by molar-refractivity contribution is 5.55. The third-order valence-electron chi connectivity index (χ3n) is 4.90. The maximum absolute atomic E-state index is 11.1. The van der Waals surface area contributed by atoms with Gasteiger partial charge in [0.1, 0.15) is 11.9 Å². The Morgan fingerprint density at radius 1 is 1.40 bits per heavy atom. The van der Waals surface area contributed by atoms with Crippen LogP contribution in [0.1, 0.15) is 54.6 Å². The molecular formula is C18H21N5O2. The lowest BCUT2D eigenvalue weighted by Crippen LogP contribution is -2.50. The van der Waals surface area contributed by atoms with Crippen LogP contribution in [0.3, 0.4) is 0 Å². The van der Waals surface area contributed by atoms with Crippen molar-refractivity contribution < 1.29 is 9.63 Å². The average Bonchev–Trinajstić information content (AvgIpc) is 3.35. The Kier molecular flexibility index (Phi) is 3.92. The number of rotatable bonds is 4. The summed E-state index contributed by atoms with van der Waals surface area (Å²) in [6.07, 6.45) is 4.05. The second-order valence-electron chi connectivity index (χ2n) is 7.18. The number of hydrogen-bond acceptors (Lipinski definition) is 7. The highest BCUT2D eigenvalue weighted by Crippen LogP contribution is 2.38. The van der Waals surface area contributed by atoms with Crippen molar-refractivity contribution in [2.45, 2.75) is 50.5 Å². The minimum Gasteiger partial charge on any atom is -0.388 e. The Bertz CT molecular complexity index is 823. The smallest absolute Gasteiger partial charge is 0.229 e. The van der Waals surface area contributed by atoms with Gasteiger partial charge in [0.2, 0.25) is 5.89 Å². The van der Waals surface area contributed by atoms with E-state index in [1.54, 1.807) is 6.07 Å². The molecule has 1 aliphatic heterocycles. The molecule has 2 aliphatic rings. The zero-order valence-electron chi connectivity index (χ0n) is 14.3. The number of piperidine rings is 1. The van der Waals surface area contributed by atoms with Gasteiger partial charge in [0.05, 0.1) is 17.6 Å². The van der Waals surface area contributed by atoms with E-state index in [1.807, 2.05) is 17.9 Å². The van der Waals surface area contributed by atoms with Crippen molar-refractivity contribution >= 4 is 5.82 Å². The second kappa shape index (κ2) is 6.12. The number of hydrogen-bond donors (Lipinski definition) is 1. The van der Waals surface area contributed by atoms with E-state index in [2.05, 4.69) is 21.2 Å². The van der Waals surface area contributed by atoms with Crippen molar-refractivity contribution in [3.05, 3.63) is 35.1 Å². The molecule has 2 aromatic heterocycles. The highest BCUT2D eigenvalue weighted by atomic mass is 16.5. The Morgan fingerprint density at radius 3 is 3.00 bits per heavy atom. The molecule has 1 saturated heterocycles. The monoisotopic (exact) mass is 339 g/mol. The molecule has 1 unspecified atom stereocenters. The summed E-state index contributed by atoms with van der Waals surface area (Å²) in [6.45, 7) is 3.07. The maximum Gasteiger partial charge on any atom is 0.229 e. The van der Waals surface area contributed by atoms with Crippen LogP contribution in [-0.2, 0) is 6.42 Å². The van der Waals surface area contributed by atoms with Crippen LogP contribution in [0.25, 0.3) is 0 Å². The predicted octanol–water partition coefficient (Wildman–Crippen LogP) is 2.10. The van der Waals surface area contributed by atoms with Crippen LogP contribution < -0.4 is 4.90 Å². The van der Waals surface area contributed by atoms with Gasteiger partial charge in [0, 0.05) is 24.7 Å². The molecule has 2 fully saturated rings. The number of aromatic nitrogens is 3. The molecule has 25 heavy (non-hydrogen) atoms. The average molecular weight is 339 g/mol. The minimum absolute atomic E-state index is 0.330. The lowest BCUT2D eigenvalue weighted by Gasteiger charge is -2.39. The fourth-order valence-corrected chi connectivity index (χ4v) is 3.44. The van der Waals surface area contributed by atoms with Crippen molar-refractivity contribution in [3.63, 3.8) is 0 Å². The van der Waals surface area contributed by atoms with Gasteiger partial charge in [-0.15, -0.1) is 0 Å². The molecule has 2 aromatic rings. The maximum atomic E-state index is 11.1. The molecule has 0 amide bonds. The Morgan fingerprint density at radius 2 is 2.24 bits per heavy atom. The van der Waals surface area contributed by atoms with Gasteiger partial charge in [-0.1, -0.05) is 5.16 Å². The molecule has 0 radical (unpaired) electrons. The molecule has 0 aromatic carbocycles. The molecule has 0 bridgehead atoms. The topological polar surface area (TPSA) is 99.1 Å². The van der Waals surface area contributed by atoms with Gasteiger partial charge in [-0.25, -0.2) is 4.98 Å². The van der Waals surface area contributed by atoms with E-state index in [1.165, 1.54) is 0 Å². The predicted molar refractivity (Wildman–Crippen MR) is 90.1 cm³/mol. The van der Waals surface area contributed by atoms with E-state index in [-0.39, 0.29) is 0 Å². The Balaban J connectivity index is 1.53. The van der Waals surface area contributed by atoms with E-state index in [9.17, 15) is 10.4 Å². The number of anilines is 1. The Labute approximate surface area is 146 Å². The van der Waals surface area contributed by atoms with Crippen LogP contribution in [0.2, 0.25) is 0 Å². The molecular weight excluding hydrogens is 318 g/mol. The summed E-state index contributed by atoms with van der Waals surface area (Å²) in [6, 6.07) is 5.81. The summed E-state index contributed by atoms with van der Waals surface area (Å²) in [4.78, 5) is 10.9. The van der Waals surface area contributed by atoms with E-state index in [4.69, 9.17) is 4.52 Å². The standard InChI is InChI=1S/C18H21N5O2/c1-12-3-4-14(10-19)17(20-12)23-8-2-7-18(24,11-23)9-15-21-16(22-25-15)13-5-6-13/h3-4,13,24H,2,5-9,11H2,1H3. The Hall–Kier alpha value is -2.46. The van der Waals surface area contributed by atoms with Crippen LogP contribution in [0.15, 0.2) is 16.7 Å². The quantitative estimate of drug-likeness (QED) is 0.910. The van der Waals surface area contributed by atoms with Crippen molar-refractivity contribution in [2.24, 2.45) is 0 Å². The third-order valence-corrected chi connectivity index (χ3v) is 4.90. The molecule has 0 spiro atoms. The van der Waals surface area contributed by atoms with Gasteiger partial charge in [-0.05, 0) is 44.7 Å². The van der Waals surface area contributed by atoms with Crippen molar-refractivity contribution in [1.82, 2.24) is 15.1 Å². The molecule has 3 heterocycles. The van der Waals surface area contributed by atoms with Gasteiger partial charge in [0.25, 0.3) is 0 Å². The summed E-state index contributed by atoms with van der Waals surface area (Å²) in [5.41, 5.74) is 0.432. The van der Waals surface area contributed by atoms with Gasteiger partial charge in [-0.2, -0.15) is 10.2 Å². The van der Waals surface area contributed by atoms with Crippen molar-refractivity contribution in [1.29, 1.82) is 5.26 Å². The van der Waals surface area contributed by atoms with Crippen molar-refractivity contribution in [2.75, 3.05) is 18.0 Å². The first kappa shape index (κ1) is 16.0. The third kappa shape index (κ3) is 3.35. The highest BCUT2D eigenvalue weighted by Gasteiger charge is 2.37. The summed E-state index contributed by atoms with van der Waals surface area (Å²) in [5, 5.41) is 24.5. The lowest BCUT2D eigenvalue weighted by atomic mass is 9.89. The number of aryl methyl sites for hydroxylation is 1. The number of aliphatic hydroxyl groups is 1. The van der Waals surface area contributed by atoms with Gasteiger partial charge in [-0.3, -0.25) is 0 Å². The first-order valence-corrected chi connectivity index (χ1v) is 8.74. The van der Waals surface area contributed by atoms with Gasteiger partial charge >= 0.3 is 0 Å². The van der Waals surface area contributed by atoms with Crippen LogP contribution in [0.5, 0.6) is 0 Å². The summed E-state index contributed by atoms with van der Waals surface area (Å²) < 4.78 is 5.33. The lowest BCUT2D eigenvalue weighted by molar-refractivity contribution is 0.0191. The largest absolute Gasteiger partial charge is 0.388 e. The molecule has 130 valence electrons. The second-order valence-corrected chi connectivity index (χ2v) is 7.18. The minimum atomic E-state index is -0.955. The first-order chi connectivity index (χ1) is 12.1. The van der Waals surface area contributed by atoms with Crippen LogP contribution >= 0.6 is 0 Å².